The molecule has 2 aromatic rings. The standard InChI is InChI=1S/C20H16O6/c1-20(2,3)19(25)26-14-9-10(18(23)24)8-13-15(14)17(22)12-7-5-4-6-11(12)16(13)21/h4-9H,1-3H3,(H,23,24). The minimum absolute atomic E-state index is 0.0784. The number of carbonyl (C=O) groups excluding carboxylic acids is 3. The van der Waals surface area contributed by atoms with Gasteiger partial charge in [-0.05, 0) is 32.9 Å². The van der Waals surface area contributed by atoms with Gasteiger partial charge in [0.15, 0.2) is 11.6 Å². The summed E-state index contributed by atoms with van der Waals surface area (Å²) in [5.41, 5.74) is -0.879. The van der Waals surface area contributed by atoms with E-state index in [0.29, 0.717) is 0 Å². The molecule has 0 spiro atoms. The summed E-state index contributed by atoms with van der Waals surface area (Å²) >= 11 is 0. The number of ether oxygens (including phenoxy) is 1. The van der Waals surface area contributed by atoms with Crippen LogP contribution in [0.3, 0.4) is 0 Å². The molecule has 26 heavy (non-hydrogen) atoms. The number of rotatable bonds is 2. The Balaban J connectivity index is 2.25. The molecule has 0 saturated heterocycles. The van der Waals surface area contributed by atoms with Gasteiger partial charge in [0.1, 0.15) is 5.75 Å². The summed E-state index contributed by atoms with van der Waals surface area (Å²) in [6, 6.07) is 8.51. The molecule has 0 saturated carbocycles. The number of esters is 1. The SMILES string of the molecule is CC(C)(C)C(=O)Oc1cc(C(=O)O)cc2c1C(=O)c1ccccc1C2=O. The normalized spacial score (nSPS) is 13.0. The van der Waals surface area contributed by atoms with Crippen molar-refractivity contribution in [2.24, 2.45) is 5.41 Å². The Labute approximate surface area is 149 Å². The van der Waals surface area contributed by atoms with Crippen LogP contribution >= 0.6 is 0 Å². The first-order valence-electron chi connectivity index (χ1n) is 7.93. The second kappa shape index (κ2) is 5.91. The maximum atomic E-state index is 12.9. The molecule has 0 radical (unpaired) electrons. The Hall–Kier alpha value is -3.28. The van der Waals surface area contributed by atoms with Crippen LogP contribution in [0.25, 0.3) is 0 Å². The summed E-state index contributed by atoms with van der Waals surface area (Å²) < 4.78 is 5.33. The first-order valence-corrected chi connectivity index (χ1v) is 7.93. The van der Waals surface area contributed by atoms with E-state index in [2.05, 4.69) is 0 Å². The fourth-order valence-corrected chi connectivity index (χ4v) is 2.64. The van der Waals surface area contributed by atoms with Crippen LogP contribution in [0.1, 0.15) is 63.0 Å². The van der Waals surface area contributed by atoms with Gasteiger partial charge in [-0.2, -0.15) is 0 Å². The van der Waals surface area contributed by atoms with Gasteiger partial charge in [-0.1, -0.05) is 24.3 Å². The first-order chi connectivity index (χ1) is 12.1. The summed E-state index contributed by atoms with van der Waals surface area (Å²) in [7, 11) is 0. The lowest BCUT2D eigenvalue weighted by atomic mass is 9.82. The molecule has 0 bridgehead atoms. The molecule has 0 amide bonds. The van der Waals surface area contributed by atoms with Crippen LogP contribution in [0.2, 0.25) is 0 Å². The number of carbonyl (C=O) groups is 4. The van der Waals surface area contributed by atoms with Crippen LogP contribution in [-0.4, -0.2) is 28.6 Å². The summed E-state index contributed by atoms with van der Waals surface area (Å²) in [6.07, 6.45) is 0. The fourth-order valence-electron chi connectivity index (χ4n) is 2.64. The summed E-state index contributed by atoms with van der Waals surface area (Å²) in [6.45, 7) is 4.89. The molecule has 0 atom stereocenters. The van der Waals surface area contributed by atoms with E-state index in [1.54, 1.807) is 32.9 Å². The lowest BCUT2D eigenvalue weighted by molar-refractivity contribution is -0.143. The minimum Gasteiger partial charge on any atom is -0.478 e. The quantitative estimate of drug-likeness (QED) is 0.562. The molecular weight excluding hydrogens is 336 g/mol. The Kier molecular flexibility index (Phi) is 3.99. The maximum absolute atomic E-state index is 12.9. The molecule has 0 unspecified atom stereocenters. The molecule has 1 aliphatic carbocycles. The lowest BCUT2D eigenvalue weighted by Crippen LogP contribution is -2.28. The third kappa shape index (κ3) is 2.79. The van der Waals surface area contributed by atoms with Crippen LogP contribution in [0.5, 0.6) is 5.75 Å². The van der Waals surface area contributed by atoms with Gasteiger partial charge >= 0.3 is 11.9 Å². The lowest BCUT2D eigenvalue weighted by Gasteiger charge is -2.22. The van der Waals surface area contributed by atoms with Crippen LogP contribution in [0.4, 0.5) is 0 Å². The highest BCUT2D eigenvalue weighted by Crippen LogP contribution is 2.35. The largest absolute Gasteiger partial charge is 0.478 e. The number of ketones is 2. The molecule has 0 heterocycles. The number of hydrogen-bond acceptors (Lipinski definition) is 5. The van der Waals surface area contributed by atoms with Crippen LogP contribution in [0.15, 0.2) is 36.4 Å². The molecule has 132 valence electrons. The van der Waals surface area contributed by atoms with Gasteiger partial charge in [0.2, 0.25) is 0 Å². The molecule has 2 aromatic carbocycles. The van der Waals surface area contributed by atoms with E-state index in [1.165, 1.54) is 12.1 Å². The van der Waals surface area contributed by atoms with Crippen molar-refractivity contribution >= 4 is 23.5 Å². The van der Waals surface area contributed by atoms with E-state index in [4.69, 9.17) is 4.74 Å². The van der Waals surface area contributed by atoms with Crippen molar-refractivity contribution in [2.45, 2.75) is 20.8 Å². The summed E-state index contributed by atoms with van der Waals surface area (Å²) in [5, 5.41) is 9.32. The Bertz CT molecular complexity index is 978. The fraction of sp³-hybridized carbons (Fsp3) is 0.200. The summed E-state index contributed by atoms with van der Waals surface area (Å²) in [5.74, 6) is -3.11. The van der Waals surface area contributed by atoms with Crippen molar-refractivity contribution < 1.29 is 29.0 Å². The molecule has 1 aliphatic rings. The van der Waals surface area contributed by atoms with Crippen molar-refractivity contribution in [1.82, 2.24) is 0 Å². The van der Waals surface area contributed by atoms with Gasteiger partial charge in [-0.25, -0.2) is 4.79 Å². The van der Waals surface area contributed by atoms with Crippen molar-refractivity contribution in [1.29, 1.82) is 0 Å². The zero-order chi connectivity index (χ0) is 19.2. The van der Waals surface area contributed by atoms with Crippen LogP contribution in [0, 0.1) is 5.41 Å². The first kappa shape index (κ1) is 17.5. The number of hydrogen-bond donors (Lipinski definition) is 1. The smallest absolute Gasteiger partial charge is 0.335 e. The van der Waals surface area contributed by atoms with Gasteiger partial charge in [-0.15, -0.1) is 0 Å². The highest BCUT2D eigenvalue weighted by atomic mass is 16.5. The number of carboxylic acid groups (broad SMARTS) is 1. The van der Waals surface area contributed by atoms with Crippen molar-refractivity contribution in [3.05, 3.63) is 64.2 Å². The Morgan fingerprint density at radius 3 is 2.04 bits per heavy atom. The minimum atomic E-state index is -1.29. The summed E-state index contributed by atoms with van der Waals surface area (Å²) in [4.78, 5) is 49.4. The molecule has 1 N–H and O–H groups in total. The number of carboxylic acids is 1. The predicted molar refractivity (Wildman–Crippen MR) is 91.8 cm³/mol. The molecule has 6 heteroatoms. The molecular formula is C20H16O6. The third-order valence-corrected chi connectivity index (χ3v) is 4.05. The average molecular weight is 352 g/mol. The van der Waals surface area contributed by atoms with E-state index < -0.39 is 28.9 Å². The maximum Gasteiger partial charge on any atom is 0.335 e. The highest BCUT2D eigenvalue weighted by Gasteiger charge is 2.35. The van der Waals surface area contributed by atoms with Gasteiger partial charge in [0.25, 0.3) is 0 Å². The second-order valence-electron chi connectivity index (χ2n) is 7.05. The highest BCUT2D eigenvalue weighted by molar-refractivity contribution is 6.29. The topological polar surface area (TPSA) is 97.7 Å². The van der Waals surface area contributed by atoms with Gasteiger partial charge < -0.3 is 9.84 Å². The van der Waals surface area contributed by atoms with E-state index >= 15 is 0 Å². The Morgan fingerprint density at radius 1 is 0.923 bits per heavy atom. The number of aromatic carboxylic acids is 1. The predicted octanol–water partition coefficient (Wildman–Crippen LogP) is 3.11. The van der Waals surface area contributed by atoms with E-state index in [0.717, 1.165) is 12.1 Å². The zero-order valence-corrected chi connectivity index (χ0v) is 14.5. The van der Waals surface area contributed by atoms with Gasteiger partial charge in [-0.3, -0.25) is 14.4 Å². The van der Waals surface area contributed by atoms with E-state index in [-0.39, 0.29) is 33.6 Å². The van der Waals surface area contributed by atoms with Crippen LogP contribution in [-0.2, 0) is 4.79 Å². The van der Waals surface area contributed by atoms with E-state index in [9.17, 15) is 24.3 Å². The van der Waals surface area contributed by atoms with Crippen molar-refractivity contribution in [2.75, 3.05) is 0 Å². The molecule has 0 fully saturated rings. The van der Waals surface area contributed by atoms with Gasteiger partial charge in [0.05, 0.1) is 16.5 Å². The molecule has 0 aromatic heterocycles. The average Bonchev–Trinajstić information content (AvgIpc) is 2.58. The molecule has 6 nitrogen and oxygen atoms in total. The van der Waals surface area contributed by atoms with Gasteiger partial charge in [0, 0.05) is 16.7 Å². The van der Waals surface area contributed by atoms with E-state index in [1.807, 2.05) is 0 Å². The Morgan fingerprint density at radius 2 is 1.50 bits per heavy atom. The second-order valence-corrected chi connectivity index (χ2v) is 7.05. The number of benzene rings is 2. The van der Waals surface area contributed by atoms with Crippen molar-refractivity contribution in [3.63, 3.8) is 0 Å². The third-order valence-electron chi connectivity index (χ3n) is 4.05. The van der Waals surface area contributed by atoms with Crippen molar-refractivity contribution in [3.8, 4) is 5.75 Å². The zero-order valence-electron chi connectivity index (χ0n) is 14.5. The molecule has 0 aliphatic heterocycles. The number of fused-ring (bicyclic) bond motifs is 2. The molecule has 3 rings (SSSR count). The monoisotopic (exact) mass is 352 g/mol. The van der Waals surface area contributed by atoms with Crippen LogP contribution < -0.4 is 4.74 Å².